The zero-order chi connectivity index (χ0) is 15.7. The lowest BCUT2D eigenvalue weighted by molar-refractivity contribution is -0.496. The molecule has 5 nitrogen and oxygen atoms in total. The SMILES string of the molecule is Cc1ccc(C2=[N+](c3cccc(C(=O)O)c3)NC(=O)CC2)s1. The number of carboxylic acids is 1. The van der Waals surface area contributed by atoms with E-state index in [9.17, 15) is 9.59 Å². The summed E-state index contributed by atoms with van der Waals surface area (Å²) in [6, 6.07) is 10.6. The second-order valence-electron chi connectivity index (χ2n) is 5.08. The van der Waals surface area contributed by atoms with Gasteiger partial charge in [-0.25, -0.2) is 4.79 Å². The fourth-order valence-corrected chi connectivity index (χ4v) is 3.34. The van der Waals surface area contributed by atoms with E-state index in [2.05, 4.69) is 5.43 Å². The quantitative estimate of drug-likeness (QED) is 0.856. The molecule has 0 bridgehead atoms. The first-order valence-corrected chi connectivity index (χ1v) is 7.72. The molecule has 2 aromatic rings. The number of carbonyl (C=O) groups is 2. The van der Waals surface area contributed by atoms with Crippen molar-refractivity contribution in [3.8, 4) is 0 Å². The van der Waals surface area contributed by atoms with Crippen LogP contribution in [0.4, 0.5) is 5.69 Å². The first-order chi connectivity index (χ1) is 10.5. The molecule has 1 aliphatic rings. The summed E-state index contributed by atoms with van der Waals surface area (Å²) in [5, 5.41) is 9.14. The van der Waals surface area contributed by atoms with E-state index in [1.54, 1.807) is 34.2 Å². The molecule has 1 amide bonds. The largest absolute Gasteiger partial charge is 0.478 e. The van der Waals surface area contributed by atoms with Gasteiger partial charge in [-0.05, 0) is 25.1 Å². The minimum atomic E-state index is -0.987. The number of thiophene rings is 1. The van der Waals surface area contributed by atoms with Crippen molar-refractivity contribution in [2.75, 3.05) is 0 Å². The van der Waals surface area contributed by atoms with Gasteiger partial charge in [0, 0.05) is 29.9 Å². The molecule has 2 heterocycles. The third kappa shape index (κ3) is 2.78. The lowest BCUT2D eigenvalue weighted by Crippen LogP contribution is -2.40. The van der Waals surface area contributed by atoms with Crippen molar-refractivity contribution < 1.29 is 19.4 Å². The molecule has 0 fully saturated rings. The Balaban J connectivity index is 2.13. The van der Waals surface area contributed by atoms with E-state index in [1.165, 1.54) is 10.9 Å². The highest BCUT2D eigenvalue weighted by Crippen LogP contribution is 2.23. The average Bonchev–Trinajstić information content (AvgIpc) is 2.93. The predicted molar refractivity (Wildman–Crippen MR) is 83.9 cm³/mol. The van der Waals surface area contributed by atoms with Crippen molar-refractivity contribution in [3.05, 3.63) is 51.7 Å². The van der Waals surface area contributed by atoms with E-state index < -0.39 is 5.97 Å². The van der Waals surface area contributed by atoms with Crippen LogP contribution in [0.15, 0.2) is 36.4 Å². The Morgan fingerprint density at radius 2 is 2.09 bits per heavy atom. The summed E-state index contributed by atoms with van der Waals surface area (Å²) in [6.45, 7) is 2.03. The smallest absolute Gasteiger partial charge is 0.335 e. The predicted octanol–water partition coefficient (Wildman–Crippen LogP) is 2.71. The molecular formula is C16H15N2O3S+. The Hall–Kier alpha value is -2.47. The molecule has 112 valence electrons. The maximum absolute atomic E-state index is 11.8. The number of amides is 1. The van der Waals surface area contributed by atoms with Crippen LogP contribution in [0.2, 0.25) is 0 Å². The van der Waals surface area contributed by atoms with Gasteiger partial charge in [-0.15, -0.1) is 16.8 Å². The van der Waals surface area contributed by atoms with Crippen LogP contribution in [0.25, 0.3) is 0 Å². The van der Waals surface area contributed by atoms with Crippen LogP contribution < -0.4 is 5.43 Å². The van der Waals surface area contributed by atoms with E-state index in [1.807, 2.05) is 19.1 Å². The van der Waals surface area contributed by atoms with Crippen LogP contribution >= 0.6 is 11.3 Å². The normalized spacial score (nSPS) is 14.9. The molecule has 22 heavy (non-hydrogen) atoms. The van der Waals surface area contributed by atoms with Gasteiger partial charge in [-0.3, -0.25) is 4.79 Å². The third-order valence-corrected chi connectivity index (χ3v) is 4.52. The Morgan fingerprint density at radius 3 is 2.77 bits per heavy atom. The van der Waals surface area contributed by atoms with E-state index in [-0.39, 0.29) is 11.5 Å². The molecule has 2 N–H and O–H groups in total. The van der Waals surface area contributed by atoms with Gasteiger partial charge >= 0.3 is 5.97 Å². The number of nitrogens with one attached hydrogen (secondary N) is 1. The van der Waals surface area contributed by atoms with Gasteiger partial charge in [-0.1, -0.05) is 10.8 Å². The number of hydrogen-bond donors (Lipinski definition) is 2. The lowest BCUT2D eigenvalue weighted by atomic mass is 10.1. The summed E-state index contributed by atoms with van der Waals surface area (Å²) in [4.78, 5) is 25.2. The zero-order valence-electron chi connectivity index (χ0n) is 12.0. The van der Waals surface area contributed by atoms with Crippen molar-refractivity contribution in [2.24, 2.45) is 0 Å². The van der Waals surface area contributed by atoms with E-state index in [0.717, 1.165) is 10.6 Å². The van der Waals surface area contributed by atoms with Crippen molar-refractivity contribution >= 4 is 34.6 Å². The standard InChI is InChI=1S/C16H14N2O3S/c1-10-5-7-14(22-10)13-6-8-15(19)17-18(13)12-4-2-3-11(9-12)16(20)21/h2-5,7,9H,6,8H2,1H3,(H-,17,19,20,21)/p+1. The number of carboxylic acid groups (broad SMARTS) is 1. The van der Waals surface area contributed by atoms with Gasteiger partial charge in [0.05, 0.1) is 10.4 Å². The monoisotopic (exact) mass is 315 g/mol. The molecule has 6 heteroatoms. The molecule has 0 unspecified atom stereocenters. The van der Waals surface area contributed by atoms with Crippen LogP contribution in [0, 0.1) is 6.92 Å². The number of carbonyl (C=O) groups excluding carboxylic acids is 1. The molecule has 0 saturated heterocycles. The molecule has 0 spiro atoms. The minimum absolute atomic E-state index is 0.0715. The van der Waals surface area contributed by atoms with Crippen molar-refractivity contribution in [1.82, 2.24) is 5.43 Å². The summed E-state index contributed by atoms with van der Waals surface area (Å²) >= 11 is 1.66. The maximum atomic E-state index is 11.8. The Kier molecular flexibility index (Phi) is 3.77. The minimum Gasteiger partial charge on any atom is -0.478 e. The summed E-state index contributed by atoms with van der Waals surface area (Å²) in [7, 11) is 0. The average molecular weight is 315 g/mol. The number of hydrazine groups is 1. The first kappa shape index (κ1) is 14.5. The molecule has 0 saturated carbocycles. The molecule has 3 rings (SSSR count). The molecule has 0 radical (unpaired) electrons. The van der Waals surface area contributed by atoms with Crippen molar-refractivity contribution in [2.45, 2.75) is 19.8 Å². The van der Waals surface area contributed by atoms with Gasteiger partial charge in [0.1, 0.15) is 0 Å². The number of hydrazone groups is 1. The Bertz CT molecular complexity index is 792. The Labute approximate surface area is 131 Å². The lowest BCUT2D eigenvalue weighted by Gasteiger charge is -2.13. The van der Waals surface area contributed by atoms with Crippen LogP contribution in [0.1, 0.15) is 33.0 Å². The number of aryl methyl sites for hydroxylation is 1. The van der Waals surface area contributed by atoms with Crippen molar-refractivity contribution in [3.63, 3.8) is 0 Å². The van der Waals surface area contributed by atoms with Gasteiger partial charge in [0.2, 0.25) is 11.4 Å². The molecular weight excluding hydrogens is 300 g/mol. The molecule has 0 atom stereocenters. The number of aromatic carboxylic acids is 1. The van der Waals surface area contributed by atoms with Gasteiger partial charge in [0.25, 0.3) is 5.91 Å². The third-order valence-electron chi connectivity index (χ3n) is 3.47. The highest BCUT2D eigenvalue weighted by atomic mass is 32.1. The second-order valence-corrected chi connectivity index (χ2v) is 6.37. The van der Waals surface area contributed by atoms with Gasteiger partial charge in [-0.2, -0.15) is 0 Å². The summed E-state index contributed by atoms with van der Waals surface area (Å²) in [6.07, 6.45) is 1.06. The molecule has 1 aromatic heterocycles. The highest BCUT2D eigenvalue weighted by molar-refractivity contribution is 7.14. The Morgan fingerprint density at radius 1 is 1.27 bits per heavy atom. The molecule has 1 aromatic carbocycles. The van der Waals surface area contributed by atoms with E-state index in [0.29, 0.717) is 18.5 Å². The topological polar surface area (TPSA) is 69.4 Å². The molecule has 1 aliphatic heterocycles. The number of hydrogen-bond acceptors (Lipinski definition) is 3. The zero-order valence-corrected chi connectivity index (χ0v) is 12.8. The molecule has 0 aliphatic carbocycles. The van der Waals surface area contributed by atoms with Crippen molar-refractivity contribution in [1.29, 1.82) is 0 Å². The van der Waals surface area contributed by atoms with E-state index in [4.69, 9.17) is 5.11 Å². The number of rotatable bonds is 3. The maximum Gasteiger partial charge on any atom is 0.335 e. The van der Waals surface area contributed by atoms with E-state index >= 15 is 0 Å². The van der Waals surface area contributed by atoms with Gasteiger partial charge in [0.15, 0.2) is 0 Å². The van der Waals surface area contributed by atoms with Crippen LogP contribution in [0.5, 0.6) is 0 Å². The fourth-order valence-electron chi connectivity index (χ4n) is 2.41. The highest BCUT2D eigenvalue weighted by Gasteiger charge is 2.29. The summed E-state index contributed by atoms with van der Waals surface area (Å²) < 4.78 is 1.70. The number of benzene rings is 1. The summed E-state index contributed by atoms with van der Waals surface area (Å²) in [5.74, 6) is -1.06. The summed E-state index contributed by atoms with van der Waals surface area (Å²) in [5.41, 5.74) is 4.65. The fraction of sp³-hybridized carbons (Fsp3) is 0.188. The number of nitrogens with zero attached hydrogens (tertiary/aromatic N) is 1. The van der Waals surface area contributed by atoms with Crippen LogP contribution in [-0.2, 0) is 4.79 Å². The van der Waals surface area contributed by atoms with Crippen LogP contribution in [0.3, 0.4) is 0 Å². The van der Waals surface area contributed by atoms with Gasteiger partial charge < -0.3 is 5.11 Å². The second kappa shape index (κ2) is 5.73. The first-order valence-electron chi connectivity index (χ1n) is 6.90. The van der Waals surface area contributed by atoms with Crippen LogP contribution in [-0.4, -0.2) is 27.4 Å².